The standard InChI is InChI=1S/C14H14F2N2/c1-9(2)5-11-4-3-10(6-18-11)14-12(15)7-17-8-13(14)16/h3-4,6-9H,5H2,1-2H3. The molecule has 0 bridgehead atoms. The highest BCUT2D eigenvalue weighted by molar-refractivity contribution is 5.63. The number of hydrogen-bond donors (Lipinski definition) is 0. The molecule has 0 atom stereocenters. The summed E-state index contributed by atoms with van der Waals surface area (Å²) in [5.41, 5.74) is 1.28. The lowest BCUT2D eigenvalue weighted by molar-refractivity contribution is 0.579. The fourth-order valence-corrected chi connectivity index (χ4v) is 1.80. The maximum atomic E-state index is 13.5. The van der Waals surface area contributed by atoms with Crippen molar-refractivity contribution in [1.82, 2.24) is 9.97 Å². The maximum Gasteiger partial charge on any atom is 0.152 e. The average Bonchev–Trinajstić information content (AvgIpc) is 2.30. The Morgan fingerprint density at radius 1 is 1.06 bits per heavy atom. The van der Waals surface area contributed by atoms with Gasteiger partial charge in [-0.3, -0.25) is 9.97 Å². The molecule has 0 radical (unpaired) electrons. The summed E-state index contributed by atoms with van der Waals surface area (Å²) in [4.78, 5) is 7.68. The van der Waals surface area contributed by atoms with E-state index in [0.717, 1.165) is 24.5 Å². The molecule has 0 aliphatic rings. The molecule has 2 aromatic heterocycles. The van der Waals surface area contributed by atoms with Gasteiger partial charge in [-0.1, -0.05) is 19.9 Å². The molecule has 2 heterocycles. The van der Waals surface area contributed by atoms with Crippen molar-refractivity contribution in [3.05, 3.63) is 48.1 Å². The molecule has 0 saturated heterocycles. The second-order valence-electron chi connectivity index (χ2n) is 4.61. The molecule has 0 spiro atoms. The summed E-state index contributed by atoms with van der Waals surface area (Å²) in [6.07, 6.45) is 4.35. The summed E-state index contributed by atoms with van der Waals surface area (Å²) in [7, 11) is 0. The van der Waals surface area contributed by atoms with Gasteiger partial charge >= 0.3 is 0 Å². The Balaban J connectivity index is 2.35. The molecule has 0 aromatic carbocycles. The second kappa shape index (κ2) is 5.21. The Labute approximate surface area is 105 Å². The van der Waals surface area contributed by atoms with Crippen molar-refractivity contribution in [3.63, 3.8) is 0 Å². The van der Waals surface area contributed by atoms with Gasteiger partial charge in [0.2, 0.25) is 0 Å². The van der Waals surface area contributed by atoms with Gasteiger partial charge in [-0.15, -0.1) is 0 Å². The lowest BCUT2D eigenvalue weighted by Crippen LogP contribution is -1.98. The van der Waals surface area contributed by atoms with E-state index in [9.17, 15) is 8.78 Å². The van der Waals surface area contributed by atoms with Crippen molar-refractivity contribution in [2.75, 3.05) is 0 Å². The molecule has 94 valence electrons. The van der Waals surface area contributed by atoms with Crippen LogP contribution in [0, 0.1) is 17.6 Å². The second-order valence-corrected chi connectivity index (χ2v) is 4.61. The zero-order valence-electron chi connectivity index (χ0n) is 10.3. The van der Waals surface area contributed by atoms with Crippen molar-refractivity contribution in [2.24, 2.45) is 5.92 Å². The summed E-state index contributed by atoms with van der Waals surface area (Å²) in [5.74, 6) is -0.848. The van der Waals surface area contributed by atoms with Crippen molar-refractivity contribution < 1.29 is 8.78 Å². The molecule has 18 heavy (non-hydrogen) atoms. The first-order valence-electron chi connectivity index (χ1n) is 5.82. The molecular formula is C14H14F2N2. The molecule has 0 saturated carbocycles. The molecule has 0 unspecified atom stereocenters. The predicted molar refractivity (Wildman–Crippen MR) is 65.9 cm³/mol. The van der Waals surface area contributed by atoms with E-state index in [1.54, 1.807) is 12.1 Å². The van der Waals surface area contributed by atoms with Gasteiger partial charge in [0, 0.05) is 17.5 Å². The van der Waals surface area contributed by atoms with E-state index in [2.05, 4.69) is 23.8 Å². The molecule has 0 amide bonds. The van der Waals surface area contributed by atoms with Crippen LogP contribution in [0.4, 0.5) is 8.78 Å². The lowest BCUT2D eigenvalue weighted by Gasteiger charge is -2.07. The number of rotatable bonds is 3. The first kappa shape index (κ1) is 12.6. The van der Waals surface area contributed by atoms with Crippen LogP contribution in [0.3, 0.4) is 0 Å². The highest BCUT2D eigenvalue weighted by Crippen LogP contribution is 2.24. The van der Waals surface area contributed by atoms with Crippen molar-refractivity contribution in [1.29, 1.82) is 0 Å². The minimum Gasteiger partial charge on any atom is -0.261 e. The van der Waals surface area contributed by atoms with Crippen LogP contribution < -0.4 is 0 Å². The molecule has 0 fully saturated rings. The third-order valence-electron chi connectivity index (χ3n) is 2.58. The van der Waals surface area contributed by atoms with E-state index in [0.29, 0.717) is 11.5 Å². The SMILES string of the molecule is CC(C)Cc1ccc(-c2c(F)cncc2F)cn1. The summed E-state index contributed by atoms with van der Waals surface area (Å²) < 4.78 is 27.0. The van der Waals surface area contributed by atoms with E-state index >= 15 is 0 Å². The summed E-state index contributed by atoms with van der Waals surface area (Å²) in [6.45, 7) is 4.19. The zero-order valence-corrected chi connectivity index (χ0v) is 10.3. The minimum atomic E-state index is -0.673. The van der Waals surface area contributed by atoms with Gasteiger partial charge < -0.3 is 0 Å². The largest absolute Gasteiger partial charge is 0.261 e. The van der Waals surface area contributed by atoms with Gasteiger partial charge in [0.1, 0.15) is 0 Å². The van der Waals surface area contributed by atoms with Crippen LogP contribution in [0.5, 0.6) is 0 Å². The lowest BCUT2D eigenvalue weighted by atomic mass is 10.0. The number of halogens is 2. The Hall–Kier alpha value is -1.84. The molecule has 2 nitrogen and oxygen atoms in total. The number of hydrogen-bond acceptors (Lipinski definition) is 2. The topological polar surface area (TPSA) is 25.8 Å². The molecule has 0 aliphatic heterocycles. The highest BCUT2D eigenvalue weighted by Gasteiger charge is 2.12. The number of aromatic nitrogens is 2. The molecule has 2 rings (SSSR count). The van der Waals surface area contributed by atoms with E-state index in [4.69, 9.17) is 0 Å². The Morgan fingerprint density at radius 2 is 1.72 bits per heavy atom. The fraction of sp³-hybridized carbons (Fsp3) is 0.286. The van der Waals surface area contributed by atoms with Gasteiger partial charge in [-0.25, -0.2) is 8.78 Å². The minimum absolute atomic E-state index is 0.0754. The zero-order chi connectivity index (χ0) is 13.1. The first-order chi connectivity index (χ1) is 8.58. The maximum absolute atomic E-state index is 13.5. The van der Waals surface area contributed by atoms with Gasteiger partial charge in [-0.05, 0) is 18.4 Å². The van der Waals surface area contributed by atoms with E-state index < -0.39 is 11.6 Å². The van der Waals surface area contributed by atoms with Crippen LogP contribution in [0.15, 0.2) is 30.7 Å². The van der Waals surface area contributed by atoms with Gasteiger partial charge in [-0.2, -0.15) is 0 Å². The Kier molecular flexibility index (Phi) is 3.65. The van der Waals surface area contributed by atoms with Gasteiger partial charge in [0.05, 0.1) is 18.0 Å². The van der Waals surface area contributed by atoms with Crippen LogP contribution >= 0.6 is 0 Å². The summed E-state index contributed by atoms with van der Waals surface area (Å²) >= 11 is 0. The Morgan fingerprint density at radius 3 is 2.22 bits per heavy atom. The third-order valence-corrected chi connectivity index (χ3v) is 2.58. The highest BCUT2D eigenvalue weighted by atomic mass is 19.1. The monoisotopic (exact) mass is 248 g/mol. The normalized spacial score (nSPS) is 10.9. The molecule has 4 heteroatoms. The summed E-state index contributed by atoms with van der Waals surface area (Å²) in [6, 6.07) is 3.49. The molecule has 2 aromatic rings. The first-order valence-corrected chi connectivity index (χ1v) is 5.82. The van der Waals surface area contributed by atoms with Gasteiger partial charge in [0.25, 0.3) is 0 Å². The summed E-state index contributed by atoms with van der Waals surface area (Å²) in [5, 5.41) is 0. The van der Waals surface area contributed by atoms with Crippen molar-refractivity contribution in [3.8, 4) is 11.1 Å². The average molecular weight is 248 g/mol. The van der Waals surface area contributed by atoms with Crippen LogP contribution in [-0.4, -0.2) is 9.97 Å². The number of nitrogens with zero attached hydrogens (tertiary/aromatic N) is 2. The van der Waals surface area contributed by atoms with Crippen LogP contribution in [0.1, 0.15) is 19.5 Å². The van der Waals surface area contributed by atoms with Gasteiger partial charge in [0.15, 0.2) is 11.6 Å². The van der Waals surface area contributed by atoms with E-state index in [1.807, 2.05) is 0 Å². The van der Waals surface area contributed by atoms with E-state index in [-0.39, 0.29) is 5.56 Å². The quantitative estimate of drug-likeness (QED) is 0.829. The molecule has 0 aliphatic carbocycles. The number of pyridine rings is 2. The van der Waals surface area contributed by atoms with Crippen LogP contribution in [-0.2, 0) is 6.42 Å². The van der Waals surface area contributed by atoms with Crippen LogP contribution in [0.25, 0.3) is 11.1 Å². The molecular weight excluding hydrogens is 234 g/mol. The Bertz CT molecular complexity index is 516. The van der Waals surface area contributed by atoms with Crippen LogP contribution in [0.2, 0.25) is 0 Å². The smallest absolute Gasteiger partial charge is 0.152 e. The predicted octanol–water partition coefficient (Wildman–Crippen LogP) is 3.62. The fourth-order valence-electron chi connectivity index (χ4n) is 1.80. The third kappa shape index (κ3) is 2.70. The van der Waals surface area contributed by atoms with Crippen molar-refractivity contribution in [2.45, 2.75) is 20.3 Å². The van der Waals surface area contributed by atoms with E-state index in [1.165, 1.54) is 6.20 Å². The van der Waals surface area contributed by atoms with Crippen molar-refractivity contribution >= 4 is 0 Å². The molecule has 0 N–H and O–H groups in total.